The summed E-state index contributed by atoms with van der Waals surface area (Å²) in [4.78, 5) is 24.4. The maximum Gasteiger partial charge on any atom is 0.257 e. The van der Waals surface area contributed by atoms with E-state index in [2.05, 4.69) is 28.2 Å². The molecule has 1 fully saturated rings. The Morgan fingerprint density at radius 3 is 2.72 bits per heavy atom. The van der Waals surface area contributed by atoms with Gasteiger partial charge in [0.2, 0.25) is 5.91 Å². The molecule has 2 heterocycles. The molecule has 1 saturated heterocycles. The highest BCUT2D eigenvalue weighted by Gasteiger charge is 2.29. The van der Waals surface area contributed by atoms with Gasteiger partial charge >= 0.3 is 0 Å². The summed E-state index contributed by atoms with van der Waals surface area (Å²) in [5, 5.41) is 3.08. The molecule has 1 unspecified atom stereocenters. The Kier molecular flexibility index (Phi) is 5.60. The van der Waals surface area contributed by atoms with E-state index in [1.54, 1.807) is 7.11 Å². The molecule has 6 nitrogen and oxygen atoms in total. The lowest BCUT2D eigenvalue weighted by atomic mass is 9.97. The Balaban J connectivity index is 1.53. The third-order valence-corrected chi connectivity index (χ3v) is 5.41. The number of hydrogen-bond acceptors (Lipinski definition) is 5. The first-order valence-corrected chi connectivity index (χ1v) is 10.1. The lowest BCUT2D eigenvalue weighted by molar-refractivity contribution is -0.120. The monoisotopic (exact) mass is 390 g/mol. The molecule has 0 spiro atoms. The van der Waals surface area contributed by atoms with E-state index >= 15 is 0 Å². The fourth-order valence-electron chi connectivity index (χ4n) is 3.81. The number of nitrogens with one attached hydrogen (secondary N) is 1. The average Bonchev–Trinajstić information content (AvgIpc) is 2.78. The van der Waals surface area contributed by atoms with Crippen LogP contribution >= 0.6 is 0 Å². The second-order valence-electron chi connectivity index (χ2n) is 7.37. The van der Waals surface area contributed by atoms with Crippen LogP contribution in [0.15, 0.2) is 48.5 Å². The van der Waals surface area contributed by atoms with E-state index in [1.807, 2.05) is 42.5 Å². The molecule has 1 N–H and O–H groups in total. The van der Waals surface area contributed by atoms with Gasteiger partial charge in [-0.05, 0) is 49.1 Å². The third-order valence-electron chi connectivity index (χ3n) is 5.41. The molecule has 4 rings (SSSR count). The van der Waals surface area contributed by atoms with Gasteiger partial charge in [0, 0.05) is 18.8 Å². The van der Waals surface area contributed by atoms with Gasteiger partial charge in [0.05, 0.1) is 24.1 Å². The van der Waals surface area contributed by atoms with Crippen molar-refractivity contribution < 1.29 is 9.53 Å². The number of anilines is 2. The van der Waals surface area contributed by atoms with Gasteiger partial charge in [0.15, 0.2) is 5.82 Å². The first kappa shape index (κ1) is 19.2. The van der Waals surface area contributed by atoms with Crippen LogP contribution in [0.3, 0.4) is 0 Å². The molecule has 29 heavy (non-hydrogen) atoms. The largest absolute Gasteiger partial charge is 0.478 e. The van der Waals surface area contributed by atoms with Crippen LogP contribution in [0.2, 0.25) is 0 Å². The molecule has 1 aromatic heterocycles. The number of rotatable bonds is 5. The van der Waals surface area contributed by atoms with E-state index < -0.39 is 0 Å². The van der Waals surface area contributed by atoms with Gasteiger partial charge in [-0.25, -0.2) is 9.97 Å². The van der Waals surface area contributed by atoms with Crippen molar-refractivity contribution in [1.82, 2.24) is 9.97 Å². The van der Waals surface area contributed by atoms with E-state index in [9.17, 15) is 4.79 Å². The van der Waals surface area contributed by atoms with E-state index in [0.29, 0.717) is 18.2 Å². The SMILES string of the molecule is CCc1cccc(NC(=O)C2CCCN(c3nc4ccccc4nc3OC)C2)c1. The van der Waals surface area contributed by atoms with Crippen LogP contribution in [0.5, 0.6) is 5.88 Å². The molecular formula is C23H26N4O2. The molecule has 1 atom stereocenters. The van der Waals surface area contributed by atoms with Crippen LogP contribution < -0.4 is 15.0 Å². The van der Waals surface area contributed by atoms with E-state index in [0.717, 1.165) is 42.5 Å². The smallest absolute Gasteiger partial charge is 0.257 e. The standard InChI is InChI=1S/C23H26N4O2/c1-3-16-8-6-10-18(14-16)24-22(28)17-9-7-13-27(15-17)21-23(29-2)26-20-12-5-4-11-19(20)25-21/h4-6,8,10-12,14,17H,3,7,9,13,15H2,1-2H3,(H,24,28). The second kappa shape index (κ2) is 8.47. The minimum Gasteiger partial charge on any atom is -0.478 e. The number of benzene rings is 2. The predicted molar refractivity (Wildman–Crippen MR) is 115 cm³/mol. The Bertz CT molecular complexity index is 1020. The maximum absolute atomic E-state index is 12.9. The Morgan fingerprint density at radius 1 is 1.17 bits per heavy atom. The summed E-state index contributed by atoms with van der Waals surface area (Å²) in [5.41, 5.74) is 3.69. The number of nitrogens with zero attached hydrogens (tertiary/aromatic N) is 3. The van der Waals surface area contributed by atoms with Crippen molar-refractivity contribution in [3.8, 4) is 5.88 Å². The molecule has 150 valence electrons. The number of aromatic nitrogens is 2. The molecule has 0 aliphatic carbocycles. The van der Waals surface area contributed by atoms with E-state index in [4.69, 9.17) is 9.72 Å². The van der Waals surface area contributed by atoms with Crippen molar-refractivity contribution in [2.75, 3.05) is 30.4 Å². The molecule has 2 aromatic carbocycles. The Labute approximate surface area is 170 Å². The maximum atomic E-state index is 12.9. The molecule has 0 saturated carbocycles. The summed E-state index contributed by atoms with van der Waals surface area (Å²) in [6.07, 6.45) is 2.73. The van der Waals surface area contributed by atoms with Gasteiger partial charge in [0.25, 0.3) is 5.88 Å². The molecule has 1 amide bonds. The van der Waals surface area contributed by atoms with Crippen LogP contribution in [-0.2, 0) is 11.2 Å². The summed E-state index contributed by atoms with van der Waals surface area (Å²) in [6.45, 7) is 3.54. The summed E-state index contributed by atoms with van der Waals surface area (Å²) in [6, 6.07) is 15.8. The van der Waals surface area contributed by atoms with Gasteiger partial charge in [-0.2, -0.15) is 0 Å². The Hall–Kier alpha value is -3.15. The number of para-hydroxylation sites is 2. The zero-order chi connectivity index (χ0) is 20.2. The van der Waals surface area contributed by atoms with Crippen molar-refractivity contribution in [2.45, 2.75) is 26.2 Å². The van der Waals surface area contributed by atoms with Gasteiger partial charge in [0.1, 0.15) is 0 Å². The van der Waals surface area contributed by atoms with Gasteiger partial charge < -0.3 is 15.0 Å². The number of amides is 1. The Morgan fingerprint density at radius 2 is 1.97 bits per heavy atom. The molecule has 1 aliphatic heterocycles. The van der Waals surface area contributed by atoms with Crippen molar-refractivity contribution >= 4 is 28.4 Å². The van der Waals surface area contributed by atoms with Crippen molar-refractivity contribution in [2.24, 2.45) is 5.92 Å². The number of fused-ring (bicyclic) bond motifs is 1. The van der Waals surface area contributed by atoms with Crippen molar-refractivity contribution in [3.05, 3.63) is 54.1 Å². The highest BCUT2D eigenvalue weighted by atomic mass is 16.5. The number of methoxy groups -OCH3 is 1. The number of hydrogen-bond donors (Lipinski definition) is 1. The van der Waals surface area contributed by atoms with Crippen molar-refractivity contribution in [3.63, 3.8) is 0 Å². The number of ether oxygens (including phenoxy) is 1. The average molecular weight is 390 g/mol. The first-order valence-electron chi connectivity index (χ1n) is 10.1. The van der Waals surface area contributed by atoms with E-state index in [1.165, 1.54) is 5.56 Å². The van der Waals surface area contributed by atoms with Crippen LogP contribution in [0.25, 0.3) is 11.0 Å². The fourth-order valence-corrected chi connectivity index (χ4v) is 3.81. The highest BCUT2D eigenvalue weighted by Crippen LogP contribution is 2.30. The van der Waals surface area contributed by atoms with Crippen LogP contribution in [0, 0.1) is 5.92 Å². The van der Waals surface area contributed by atoms with Gasteiger partial charge in [-0.15, -0.1) is 0 Å². The summed E-state index contributed by atoms with van der Waals surface area (Å²) in [7, 11) is 1.61. The predicted octanol–water partition coefficient (Wildman–Crippen LogP) is 4.06. The van der Waals surface area contributed by atoms with Crippen LogP contribution in [0.4, 0.5) is 11.5 Å². The summed E-state index contributed by atoms with van der Waals surface area (Å²) in [5.74, 6) is 1.15. The molecular weight excluding hydrogens is 364 g/mol. The number of carbonyl (C=O) groups excluding carboxylic acids is 1. The zero-order valence-corrected chi connectivity index (χ0v) is 16.9. The number of aryl methyl sites for hydroxylation is 1. The van der Waals surface area contributed by atoms with Gasteiger partial charge in [-0.1, -0.05) is 31.2 Å². The molecule has 1 aliphatic rings. The minimum atomic E-state index is -0.105. The lowest BCUT2D eigenvalue weighted by Gasteiger charge is -2.33. The molecule has 6 heteroatoms. The molecule has 3 aromatic rings. The molecule has 0 radical (unpaired) electrons. The number of carbonyl (C=O) groups is 1. The van der Waals surface area contributed by atoms with Crippen LogP contribution in [-0.4, -0.2) is 36.1 Å². The molecule has 0 bridgehead atoms. The fraction of sp³-hybridized carbons (Fsp3) is 0.348. The highest BCUT2D eigenvalue weighted by molar-refractivity contribution is 5.93. The number of piperidine rings is 1. The summed E-state index contributed by atoms with van der Waals surface area (Å²) >= 11 is 0. The first-order chi connectivity index (χ1) is 14.2. The van der Waals surface area contributed by atoms with Crippen molar-refractivity contribution in [1.29, 1.82) is 0 Å². The van der Waals surface area contributed by atoms with Crippen LogP contribution in [0.1, 0.15) is 25.3 Å². The lowest BCUT2D eigenvalue weighted by Crippen LogP contribution is -2.41. The van der Waals surface area contributed by atoms with E-state index in [-0.39, 0.29) is 11.8 Å². The topological polar surface area (TPSA) is 67.4 Å². The third kappa shape index (κ3) is 4.16. The quantitative estimate of drug-likeness (QED) is 0.712. The second-order valence-corrected chi connectivity index (χ2v) is 7.37. The van der Waals surface area contributed by atoms with Gasteiger partial charge in [-0.3, -0.25) is 4.79 Å². The normalized spacial score (nSPS) is 16.6. The summed E-state index contributed by atoms with van der Waals surface area (Å²) < 4.78 is 5.51. The zero-order valence-electron chi connectivity index (χ0n) is 16.9. The minimum absolute atomic E-state index is 0.0515.